The van der Waals surface area contributed by atoms with Gasteiger partial charge in [0, 0.05) is 12.6 Å². The van der Waals surface area contributed by atoms with Crippen molar-refractivity contribution in [2.45, 2.75) is 38.6 Å². The van der Waals surface area contributed by atoms with E-state index in [2.05, 4.69) is 4.72 Å². The van der Waals surface area contributed by atoms with Crippen LogP contribution in [0.4, 0.5) is 0 Å². The van der Waals surface area contributed by atoms with E-state index in [-0.39, 0.29) is 12.0 Å². The second kappa shape index (κ2) is 7.03. The smallest absolute Gasteiger partial charge is 0.241 e. The van der Waals surface area contributed by atoms with Gasteiger partial charge in [-0.15, -0.1) is 0 Å². The second-order valence-corrected chi connectivity index (χ2v) is 6.58. The van der Waals surface area contributed by atoms with Crippen molar-refractivity contribution in [2.75, 3.05) is 13.2 Å². The Morgan fingerprint density at radius 3 is 2.42 bits per heavy atom. The minimum atomic E-state index is -3.50. The van der Waals surface area contributed by atoms with Gasteiger partial charge < -0.3 is 4.74 Å². The number of benzene rings is 1. The summed E-state index contributed by atoms with van der Waals surface area (Å²) in [4.78, 5) is 0.331. The van der Waals surface area contributed by atoms with Crippen LogP contribution < -0.4 is 4.72 Å². The van der Waals surface area contributed by atoms with E-state index in [1.54, 1.807) is 25.1 Å². The van der Waals surface area contributed by atoms with E-state index < -0.39 is 10.0 Å². The summed E-state index contributed by atoms with van der Waals surface area (Å²) in [6.07, 6.45) is 0. The summed E-state index contributed by atoms with van der Waals surface area (Å²) in [6.45, 7) is 8.61. The van der Waals surface area contributed by atoms with E-state index in [1.807, 2.05) is 26.8 Å². The molecular formula is C14H23NO3S. The van der Waals surface area contributed by atoms with Crippen molar-refractivity contribution in [1.29, 1.82) is 0 Å². The van der Waals surface area contributed by atoms with Gasteiger partial charge in [-0.2, -0.15) is 0 Å². The maximum atomic E-state index is 12.4. The van der Waals surface area contributed by atoms with Crippen molar-refractivity contribution >= 4 is 10.0 Å². The van der Waals surface area contributed by atoms with Crippen LogP contribution in [0.1, 0.15) is 26.3 Å². The number of ether oxygens (including phenoxy) is 1. The van der Waals surface area contributed by atoms with Crippen LogP contribution in [-0.2, 0) is 14.8 Å². The summed E-state index contributed by atoms with van der Waals surface area (Å²) >= 11 is 0. The lowest BCUT2D eigenvalue weighted by atomic mass is 10.1. The molecule has 4 nitrogen and oxygen atoms in total. The molecule has 0 bridgehead atoms. The van der Waals surface area contributed by atoms with Crippen molar-refractivity contribution in [1.82, 2.24) is 4.72 Å². The molecule has 0 saturated heterocycles. The molecule has 0 radical (unpaired) electrons. The van der Waals surface area contributed by atoms with Crippen LogP contribution in [0.15, 0.2) is 29.2 Å². The fraction of sp³-hybridized carbons (Fsp3) is 0.571. The normalized spacial score (nSPS) is 13.7. The number of nitrogens with one attached hydrogen (secondary N) is 1. The molecule has 0 aliphatic rings. The SMILES string of the molecule is CCOCC(NS(=O)(=O)c1ccccc1C)C(C)C. The molecule has 0 fully saturated rings. The van der Waals surface area contributed by atoms with E-state index in [0.717, 1.165) is 5.56 Å². The molecule has 108 valence electrons. The Morgan fingerprint density at radius 2 is 1.89 bits per heavy atom. The van der Waals surface area contributed by atoms with Crippen molar-refractivity contribution in [2.24, 2.45) is 5.92 Å². The van der Waals surface area contributed by atoms with E-state index in [4.69, 9.17) is 4.74 Å². The molecule has 0 spiro atoms. The third kappa shape index (κ3) is 4.60. The summed E-state index contributed by atoms with van der Waals surface area (Å²) < 4.78 is 32.8. The first-order valence-electron chi connectivity index (χ1n) is 6.54. The molecule has 1 aromatic rings. The zero-order valence-electron chi connectivity index (χ0n) is 12.0. The predicted molar refractivity (Wildman–Crippen MR) is 76.6 cm³/mol. The van der Waals surface area contributed by atoms with Gasteiger partial charge in [0.2, 0.25) is 10.0 Å². The first-order chi connectivity index (χ1) is 8.88. The largest absolute Gasteiger partial charge is 0.380 e. The van der Waals surface area contributed by atoms with E-state index in [9.17, 15) is 8.42 Å². The summed E-state index contributed by atoms with van der Waals surface area (Å²) in [6, 6.07) is 6.75. The van der Waals surface area contributed by atoms with Gasteiger partial charge in [-0.05, 0) is 31.4 Å². The minimum Gasteiger partial charge on any atom is -0.380 e. The molecule has 1 rings (SSSR count). The standard InChI is InChI=1S/C14H23NO3S/c1-5-18-10-13(11(2)3)15-19(16,17)14-9-7-6-8-12(14)4/h6-9,11,13,15H,5,10H2,1-4H3. The lowest BCUT2D eigenvalue weighted by Crippen LogP contribution is -2.42. The fourth-order valence-corrected chi connectivity index (χ4v) is 3.34. The van der Waals surface area contributed by atoms with Crippen LogP contribution in [0.2, 0.25) is 0 Å². The van der Waals surface area contributed by atoms with Crippen molar-refractivity contribution < 1.29 is 13.2 Å². The second-order valence-electron chi connectivity index (χ2n) is 4.90. The Balaban J connectivity index is 2.91. The van der Waals surface area contributed by atoms with E-state index in [0.29, 0.717) is 18.1 Å². The molecule has 0 heterocycles. The van der Waals surface area contributed by atoms with Gasteiger partial charge in [0.05, 0.1) is 11.5 Å². The van der Waals surface area contributed by atoms with Crippen molar-refractivity contribution in [3.63, 3.8) is 0 Å². The van der Waals surface area contributed by atoms with Gasteiger partial charge in [-0.25, -0.2) is 13.1 Å². The number of sulfonamides is 1. The molecule has 0 saturated carbocycles. The maximum Gasteiger partial charge on any atom is 0.241 e. The van der Waals surface area contributed by atoms with Gasteiger partial charge in [0.15, 0.2) is 0 Å². The molecule has 1 atom stereocenters. The first-order valence-corrected chi connectivity index (χ1v) is 8.02. The molecule has 0 aliphatic heterocycles. The minimum absolute atomic E-state index is 0.172. The third-order valence-electron chi connectivity index (χ3n) is 3.00. The fourth-order valence-electron chi connectivity index (χ4n) is 1.73. The van der Waals surface area contributed by atoms with Gasteiger partial charge in [-0.3, -0.25) is 0 Å². The monoisotopic (exact) mass is 285 g/mol. The van der Waals surface area contributed by atoms with Gasteiger partial charge in [0.1, 0.15) is 0 Å². The lowest BCUT2D eigenvalue weighted by Gasteiger charge is -2.22. The molecule has 1 N–H and O–H groups in total. The molecular weight excluding hydrogens is 262 g/mol. The number of aryl methyl sites for hydroxylation is 1. The highest BCUT2D eigenvalue weighted by Gasteiger charge is 2.23. The highest BCUT2D eigenvalue weighted by Crippen LogP contribution is 2.16. The Bertz CT molecular complexity index is 497. The molecule has 19 heavy (non-hydrogen) atoms. The summed E-state index contributed by atoms with van der Waals surface area (Å²) in [5.41, 5.74) is 0.744. The Morgan fingerprint density at radius 1 is 1.26 bits per heavy atom. The quantitative estimate of drug-likeness (QED) is 0.836. The first kappa shape index (κ1) is 16.1. The average molecular weight is 285 g/mol. The van der Waals surface area contributed by atoms with Crippen LogP contribution >= 0.6 is 0 Å². The Hall–Kier alpha value is -0.910. The number of rotatable bonds is 7. The predicted octanol–water partition coefficient (Wildman–Crippen LogP) is 2.33. The zero-order valence-corrected chi connectivity index (χ0v) is 12.8. The van der Waals surface area contributed by atoms with E-state index >= 15 is 0 Å². The highest BCUT2D eigenvalue weighted by atomic mass is 32.2. The number of hydrogen-bond acceptors (Lipinski definition) is 3. The van der Waals surface area contributed by atoms with Crippen LogP contribution in [0, 0.1) is 12.8 Å². The van der Waals surface area contributed by atoms with Crippen LogP contribution in [-0.4, -0.2) is 27.7 Å². The Kier molecular flexibility index (Phi) is 5.97. The van der Waals surface area contributed by atoms with Crippen molar-refractivity contribution in [3.05, 3.63) is 29.8 Å². The topological polar surface area (TPSA) is 55.4 Å². The van der Waals surface area contributed by atoms with Crippen LogP contribution in [0.3, 0.4) is 0 Å². The maximum absolute atomic E-state index is 12.4. The van der Waals surface area contributed by atoms with Gasteiger partial charge in [0.25, 0.3) is 0 Å². The van der Waals surface area contributed by atoms with Crippen molar-refractivity contribution in [3.8, 4) is 0 Å². The summed E-state index contributed by atoms with van der Waals surface area (Å²) in [5, 5.41) is 0. The number of hydrogen-bond donors (Lipinski definition) is 1. The van der Waals surface area contributed by atoms with Crippen LogP contribution in [0.25, 0.3) is 0 Å². The summed E-state index contributed by atoms with van der Waals surface area (Å²) in [7, 11) is -3.50. The van der Waals surface area contributed by atoms with Crippen LogP contribution in [0.5, 0.6) is 0 Å². The molecule has 1 aromatic carbocycles. The highest BCUT2D eigenvalue weighted by molar-refractivity contribution is 7.89. The summed E-state index contributed by atoms with van der Waals surface area (Å²) in [5.74, 6) is 0.172. The Labute approximate surface area is 116 Å². The average Bonchev–Trinajstić information content (AvgIpc) is 2.34. The molecule has 0 aromatic heterocycles. The van der Waals surface area contributed by atoms with Gasteiger partial charge >= 0.3 is 0 Å². The molecule has 0 amide bonds. The molecule has 1 unspecified atom stereocenters. The van der Waals surface area contributed by atoms with Gasteiger partial charge in [-0.1, -0.05) is 32.0 Å². The zero-order chi connectivity index (χ0) is 14.5. The van der Waals surface area contributed by atoms with E-state index in [1.165, 1.54) is 0 Å². The third-order valence-corrected chi connectivity index (χ3v) is 4.65. The lowest BCUT2D eigenvalue weighted by molar-refractivity contribution is 0.116. The molecule has 5 heteroatoms. The molecule has 0 aliphatic carbocycles.